The Morgan fingerprint density at radius 1 is 0.644 bits per heavy atom. The molecule has 0 radical (unpaired) electrons. The first-order chi connectivity index (χ1) is 21.7. The van der Waals surface area contributed by atoms with Gasteiger partial charge in [0.25, 0.3) is 0 Å². The molecule has 0 unspecified atom stereocenters. The molecule has 0 atom stereocenters. The van der Waals surface area contributed by atoms with Crippen molar-refractivity contribution < 1.29 is 0 Å². The molecule has 5 aromatic carbocycles. The molecule has 0 aliphatic heterocycles. The van der Waals surface area contributed by atoms with Gasteiger partial charge >= 0.3 is 0 Å². The second kappa shape index (κ2) is 9.67. The molecule has 3 nitrogen and oxygen atoms in total. The SMILES string of the molecule is C=CC=NC1=C(C)c2cc3c(-c4ccccc4)c4cc5c(cc4c(-c4ccccc4)c3cc2C1(C)C)-c1nccnc1C5(C)C. The van der Waals surface area contributed by atoms with Crippen molar-refractivity contribution in [2.24, 2.45) is 4.99 Å². The van der Waals surface area contributed by atoms with E-state index in [9.17, 15) is 0 Å². The van der Waals surface area contributed by atoms with Gasteiger partial charge in [-0.15, -0.1) is 0 Å². The number of nitrogens with zero attached hydrogens (tertiary/aromatic N) is 3. The normalized spacial score (nSPS) is 15.9. The maximum absolute atomic E-state index is 4.90. The zero-order valence-corrected chi connectivity index (χ0v) is 26.4. The Morgan fingerprint density at radius 2 is 1.16 bits per heavy atom. The van der Waals surface area contributed by atoms with Crippen LogP contribution in [0.4, 0.5) is 0 Å². The average molecular weight is 582 g/mol. The van der Waals surface area contributed by atoms with E-state index in [2.05, 4.69) is 126 Å². The molecule has 0 N–H and O–H groups in total. The minimum atomic E-state index is -0.262. The first-order valence-corrected chi connectivity index (χ1v) is 15.7. The predicted octanol–water partition coefficient (Wildman–Crippen LogP) is 10.7. The van der Waals surface area contributed by atoms with Crippen molar-refractivity contribution in [2.75, 3.05) is 0 Å². The lowest BCUT2D eigenvalue weighted by molar-refractivity contribution is 0.633. The van der Waals surface area contributed by atoms with Crippen LogP contribution in [0.25, 0.3) is 60.6 Å². The Labute approximate surface area is 264 Å². The van der Waals surface area contributed by atoms with E-state index in [0.29, 0.717) is 0 Å². The van der Waals surface area contributed by atoms with Crippen molar-refractivity contribution in [1.82, 2.24) is 9.97 Å². The lowest BCUT2D eigenvalue weighted by atomic mass is 9.78. The van der Waals surface area contributed by atoms with Crippen LogP contribution in [0.2, 0.25) is 0 Å². The van der Waals surface area contributed by atoms with Gasteiger partial charge in [-0.3, -0.25) is 15.0 Å². The summed E-state index contributed by atoms with van der Waals surface area (Å²) in [5.74, 6) is 0. The van der Waals surface area contributed by atoms with Crippen LogP contribution in [0.5, 0.6) is 0 Å². The highest BCUT2D eigenvalue weighted by Gasteiger charge is 2.40. The number of allylic oxidation sites excluding steroid dienone is 3. The van der Waals surface area contributed by atoms with Gasteiger partial charge in [0.15, 0.2) is 0 Å². The van der Waals surface area contributed by atoms with Crippen LogP contribution in [0, 0.1) is 0 Å². The van der Waals surface area contributed by atoms with Gasteiger partial charge in [-0.05, 0) is 97.3 Å². The van der Waals surface area contributed by atoms with E-state index in [1.54, 1.807) is 6.08 Å². The summed E-state index contributed by atoms with van der Waals surface area (Å²) in [5.41, 5.74) is 13.8. The van der Waals surface area contributed by atoms with Crippen LogP contribution in [0.15, 0.2) is 121 Å². The summed E-state index contributed by atoms with van der Waals surface area (Å²) < 4.78 is 0. The molecule has 1 heterocycles. The molecule has 0 saturated heterocycles. The summed E-state index contributed by atoms with van der Waals surface area (Å²) in [5, 5.41) is 4.97. The Bertz CT molecular complexity index is 2270. The largest absolute Gasteiger partial charge is 0.260 e. The molecule has 45 heavy (non-hydrogen) atoms. The van der Waals surface area contributed by atoms with Crippen LogP contribution < -0.4 is 0 Å². The zero-order chi connectivity index (χ0) is 31.1. The molecule has 6 aromatic rings. The van der Waals surface area contributed by atoms with E-state index in [1.165, 1.54) is 71.6 Å². The molecule has 1 aromatic heterocycles. The van der Waals surface area contributed by atoms with Gasteiger partial charge < -0.3 is 0 Å². The molecule has 0 bridgehead atoms. The number of hydrogen-bond donors (Lipinski definition) is 0. The summed E-state index contributed by atoms with van der Waals surface area (Å²) >= 11 is 0. The van der Waals surface area contributed by atoms with E-state index in [-0.39, 0.29) is 10.8 Å². The number of fused-ring (bicyclic) bond motifs is 6. The standard InChI is InChI=1S/C42H35N3/c1-7-18-44-39-25(2)28-21-29-31(23-34(28)41(39,3)4)37(27-16-12-9-13-17-27)30-22-33-35(42(5,6)40-38(33)43-19-20-45-40)24-32(30)36(29)26-14-10-8-11-15-26/h7-24H,1H2,2-6H3. The third kappa shape index (κ3) is 3.80. The average Bonchev–Trinajstić information content (AvgIpc) is 3.39. The fraction of sp³-hybridized carbons (Fsp3) is 0.167. The van der Waals surface area contributed by atoms with Crippen molar-refractivity contribution in [2.45, 2.75) is 45.4 Å². The van der Waals surface area contributed by atoms with Crippen molar-refractivity contribution in [3.63, 3.8) is 0 Å². The Morgan fingerprint density at radius 3 is 1.73 bits per heavy atom. The van der Waals surface area contributed by atoms with Gasteiger partial charge in [0.1, 0.15) is 0 Å². The van der Waals surface area contributed by atoms with Crippen LogP contribution >= 0.6 is 0 Å². The smallest absolute Gasteiger partial charge is 0.0929 e. The van der Waals surface area contributed by atoms with Crippen LogP contribution in [-0.4, -0.2) is 16.2 Å². The van der Waals surface area contributed by atoms with Crippen molar-refractivity contribution in [1.29, 1.82) is 0 Å². The van der Waals surface area contributed by atoms with E-state index < -0.39 is 0 Å². The molecule has 0 amide bonds. The predicted molar refractivity (Wildman–Crippen MR) is 190 cm³/mol. The lowest BCUT2D eigenvalue weighted by Crippen LogP contribution is -2.17. The number of benzene rings is 5. The summed E-state index contributed by atoms with van der Waals surface area (Å²) in [6.07, 6.45) is 7.20. The first kappa shape index (κ1) is 27.4. The molecular weight excluding hydrogens is 546 g/mol. The zero-order valence-electron chi connectivity index (χ0n) is 26.4. The fourth-order valence-electron chi connectivity index (χ4n) is 7.92. The van der Waals surface area contributed by atoms with Crippen LogP contribution in [-0.2, 0) is 10.8 Å². The summed E-state index contributed by atoms with van der Waals surface area (Å²) in [4.78, 5) is 14.6. The molecular formula is C42H35N3. The molecule has 218 valence electrons. The van der Waals surface area contributed by atoms with E-state index >= 15 is 0 Å². The Kier molecular flexibility index (Phi) is 5.89. The van der Waals surface area contributed by atoms with Gasteiger partial charge in [-0.2, -0.15) is 0 Å². The second-order valence-electron chi connectivity index (χ2n) is 13.4. The van der Waals surface area contributed by atoms with Crippen molar-refractivity contribution in [3.8, 4) is 33.5 Å². The maximum Gasteiger partial charge on any atom is 0.0929 e. The topological polar surface area (TPSA) is 38.1 Å². The fourth-order valence-corrected chi connectivity index (χ4v) is 7.92. The minimum absolute atomic E-state index is 0.251. The monoisotopic (exact) mass is 581 g/mol. The molecule has 3 heteroatoms. The van der Waals surface area contributed by atoms with E-state index in [4.69, 9.17) is 15.0 Å². The quantitative estimate of drug-likeness (QED) is 0.153. The molecule has 0 fully saturated rings. The highest BCUT2D eigenvalue weighted by molar-refractivity contribution is 6.23. The van der Waals surface area contributed by atoms with Gasteiger partial charge in [0.2, 0.25) is 0 Å². The summed E-state index contributed by atoms with van der Waals surface area (Å²) in [6.45, 7) is 15.2. The lowest BCUT2D eigenvalue weighted by Gasteiger charge is -2.25. The maximum atomic E-state index is 4.90. The second-order valence-corrected chi connectivity index (χ2v) is 13.4. The number of hydrogen-bond acceptors (Lipinski definition) is 3. The van der Waals surface area contributed by atoms with Gasteiger partial charge in [-0.1, -0.05) is 101 Å². The van der Waals surface area contributed by atoms with Gasteiger partial charge in [0, 0.05) is 35.0 Å². The van der Waals surface area contributed by atoms with Crippen molar-refractivity contribution in [3.05, 3.63) is 138 Å². The first-order valence-electron chi connectivity index (χ1n) is 15.7. The number of aliphatic imine (C=N–C) groups is 1. The van der Waals surface area contributed by atoms with Crippen LogP contribution in [0.1, 0.15) is 57.0 Å². The molecule has 2 aliphatic rings. The van der Waals surface area contributed by atoms with Gasteiger partial charge in [-0.25, -0.2) is 0 Å². The third-order valence-corrected chi connectivity index (χ3v) is 10.1. The Hall–Kier alpha value is -5.15. The van der Waals surface area contributed by atoms with E-state index in [1.807, 2.05) is 18.6 Å². The number of aromatic nitrogens is 2. The molecule has 0 saturated carbocycles. The Balaban J connectivity index is 1.59. The third-order valence-electron chi connectivity index (χ3n) is 10.1. The summed E-state index contributed by atoms with van der Waals surface area (Å²) in [6, 6.07) is 31.4. The van der Waals surface area contributed by atoms with Crippen molar-refractivity contribution >= 4 is 33.3 Å². The molecule has 8 rings (SSSR count). The molecule has 2 aliphatic carbocycles. The van der Waals surface area contributed by atoms with Gasteiger partial charge in [0.05, 0.1) is 17.1 Å². The highest BCUT2D eigenvalue weighted by Crippen LogP contribution is 2.54. The summed E-state index contributed by atoms with van der Waals surface area (Å²) in [7, 11) is 0. The minimum Gasteiger partial charge on any atom is -0.260 e. The van der Waals surface area contributed by atoms with E-state index in [0.717, 1.165) is 17.1 Å². The number of rotatable bonds is 4. The highest BCUT2D eigenvalue weighted by atomic mass is 14.8. The molecule has 0 spiro atoms. The van der Waals surface area contributed by atoms with Crippen LogP contribution in [0.3, 0.4) is 0 Å².